The Hall–Kier alpha value is -0.720. The minimum Gasteiger partial charge on any atom is -0.395 e. The standard InChI is InChI=1S/C22H41NO17/c24-2-8(3-25)23(9-1-21(36,7-28)18(34)15(32)12(9)29)6-22(37)19(35)17(11(5-27)40-22)39-20-16(33)14(31)13(30)10(4-26)38-20/h8-20,24-37H,1-7H2/t9-,10+,11+,12-,13-,14-,15+,16+,17+,18-,19-,20-,21-,22?/m0/s1. The van der Waals surface area contributed by atoms with Gasteiger partial charge in [0.15, 0.2) is 6.29 Å². The predicted molar refractivity (Wildman–Crippen MR) is 125 cm³/mol. The van der Waals surface area contributed by atoms with Crippen molar-refractivity contribution in [1.82, 2.24) is 4.90 Å². The minimum absolute atomic E-state index is 0.639. The van der Waals surface area contributed by atoms with Gasteiger partial charge in [-0.2, -0.15) is 0 Å². The molecule has 1 aliphatic carbocycles. The van der Waals surface area contributed by atoms with Crippen molar-refractivity contribution in [2.75, 3.05) is 39.6 Å². The van der Waals surface area contributed by atoms with Crippen molar-refractivity contribution < 1.29 is 85.7 Å². The summed E-state index contributed by atoms with van der Waals surface area (Å²) in [6.45, 7) is -5.23. The molecule has 40 heavy (non-hydrogen) atoms. The first-order valence-electron chi connectivity index (χ1n) is 12.7. The molecule has 0 amide bonds. The number of aliphatic hydroxyl groups is 14. The maximum atomic E-state index is 11.3. The van der Waals surface area contributed by atoms with Crippen LogP contribution in [0.1, 0.15) is 6.42 Å². The summed E-state index contributed by atoms with van der Waals surface area (Å²) in [4.78, 5) is 0.980. The Kier molecular flexibility index (Phi) is 11.2. The molecule has 2 aliphatic heterocycles. The molecule has 14 N–H and O–H groups in total. The Morgan fingerprint density at radius 3 is 1.88 bits per heavy atom. The molecule has 0 radical (unpaired) electrons. The highest BCUT2D eigenvalue weighted by Crippen LogP contribution is 2.38. The van der Waals surface area contributed by atoms with Crippen LogP contribution in [0.25, 0.3) is 0 Å². The fourth-order valence-corrected chi connectivity index (χ4v) is 5.48. The zero-order valence-electron chi connectivity index (χ0n) is 21.4. The molecule has 3 rings (SSSR count). The van der Waals surface area contributed by atoms with Crippen molar-refractivity contribution in [1.29, 1.82) is 0 Å². The van der Waals surface area contributed by atoms with Crippen LogP contribution in [-0.2, 0) is 14.2 Å². The first-order valence-corrected chi connectivity index (χ1v) is 12.7. The van der Waals surface area contributed by atoms with Gasteiger partial charge in [-0.25, -0.2) is 0 Å². The third kappa shape index (κ3) is 6.16. The Morgan fingerprint density at radius 1 is 0.750 bits per heavy atom. The number of aliphatic hydroxyl groups excluding tert-OH is 12. The van der Waals surface area contributed by atoms with E-state index in [1.807, 2.05) is 0 Å². The smallest absolute Gasteiger partial charge is 0.208 e. The van der Waals surface area contributed by atoms with Crippen molar-refractivity contribution in [3.05, 3.63) is 0 Å². The molecule has 0 aromatic carbocycles. The number of nitrogens with zero attached hydrogens (tertiary/aromatic N) is 1. The normalized spacial score (nSPS) is 48.3. The summed E-state index contributed by atoms with van der Waals surface area (Å²) in [5.74, 6) is -2.72. The van der Waals surface area contributed by atoms with Crippen LogP contribution in [0, 0.1) is 0 Å². The number of hydrogen-bond donors (Lipinski definition) is 14. The summed E-state index contributed by atoms with van der Waals surface area (Å²) < 4.78 is 16.2. The lowest BCUT2D eigenvalue weighted by Crippen LogP contribution is -2.70. The fourth-order valence-electron chi connectivity index (χ4n) is 5.48. The summed E-state index contributed by atoms with van der Waals surface area (Å²) in [5, 5.41) is 143. The second kappa shape index (κ2) is 13.3. The van der Waals surface area contributed by atoms with Gasteiger partial charge in [-0.15, -0.1) is 0 Å². The molecule has 3 aliphatic rings. The van der Waals surface area contributed by atoms with Gasteiger partial charge in [-0.05, 0) is 6.42 Å². The van der Waals surface area contributed by atoms with E-state index in [9.17, 15) is 71.5 Å². The van der Waals surface area contributed by atoms with E-state index in [0.717, 1.165) is 4.90 Å². The van der Waals surface area contributed by atoms with Gasteiger partial charge in [0.25, 0.3) is 0 Å². The minimum atomic E-state index is -2.72. The molecular weight excluding hydrogens is 550 g/mol. The zero-order valence-corrected chi connectivity index (χ0v) is 21.4. The van der Waals surface area contributed by atoms with E-state index in [1.54, 1.807) is 0 Å². The molecule has 1 unspecified atom stereocenters. The van der Waals surface area contributed by atoms with Crippen LogP contribution in [0.5, 0.6) is 0 Å². The second-order valence-electron chi connectivity index (χ2n) is 10.6. The summed E-state index contributed by atoms with van der Waals surface area (Å²) >= 11 is 0. The molecule has 18 nitrogen and oxygen atoms in total. The van der Waals surface area contributed by atoms with Gasteiger partial charge in [-0.3, -0.25) is 4.90 Å². The van der Waals surface area contributed by atoms with E-state index in [-0.39, 0.29) is 0 Å². The van der Waals surface area contributed by atoms with E-state index in [4.69, 9.17) is 14.2 Å². The molecule has 2 heterocycles. The molecule has 1 saturated carbocycles. The highest BCUT2D eigenvalue weighted by atomic mass is 16.7. The average Bonchev–Trinajstić information content (AvgIpc) is 3.18. The molecule has 0 bridgehead atoms. The zero-order chi connectivity index (χ0) is 30.2. The molecule has 18 heteroatoms. The number of rotatable bonds is 11. The van der Waals surface area contributed by atoms with Crippen LogP contribution in [0.2, 0.25) is 0 Å². The molecule has 236 valence electrons. The lowest BCUT2D eigenvalue weighted by Gasteiger charge is -2.51. The van der Waals surface area contributed by atoms with Crippen LogP contribution >= 0.6 is 0 Å². The third-order valence-corrected chi connectivity index (χ3v) is 8.00. The van der Waals surface area contributed by atoms with E-state index in [0.29, 0.717) is 0 Å². The quantitative estimate of drug-likeness (QED) is 0.106. The maximum Gasteiger partial charge on any atom is 0.208 e. The number of ether oxygens (including phenoxy) is 3. The first kappa shape index (κ1) is 33.8. The van der Waals surface area contributed by atoms with Gasteiger partial charge < -0.3 is 85.7 Å². The van der Waals surface area contributed by atoms with E-state index in [1.165, 1.54) is 0 Å². The van der Waals surface area contributed by atoms with Crippen molar-refractivity contribution in [2.45, 2.75) is 97.2 Å². The highest BCUT2D eigenvalue weighted by Gasteiger charge is 2.60. The largest absolute Gasteiger partial charge is 0.395 e. The number of hydrogen-bond acceptors (Lipinski definition) is 18. The second-order valence-corrected chi connectivity index (χ2v) is 10.6. The molecule has 3 fully saturated rings. The topological polar surface area (TPSA) is 314 Å². The van der Waals surface area contributed by atoms with E-state index >= 15 is 0 Å². The first-order chi connectivity index (χ1) is 18.7. The molecule has 0 aromatic heterocycles. The Labute approximate surface area is 228 Å². The van der Waals surface area contributed by atoms with Crippen LogP contribution < -0.4 is 0 Å². The van der Waals surface area contributed by atoms with Crippen LogP contribution in [0.3, 0.4) is 0 Å². The third-order valence-electron chi connectivity index (χ3n) is 8.00. The molecule has 0 aromatic rings. The fraction of sp³-hybridized carbons (Fsp3) is 1.00. The van der Waals surface area contributed by atoms with Gasteiger partial charge >= 0.3 is 0 Å². The molecule has 2 saturated heterocycles. The highest BCUT2D eigenvalue weighted by molar-refractivity contribution is 5.08. The van der Waals surface area contributed by atoms with Gasteiger partial charge in [-0.1, -0.05) is 0 Å². The summed E-state index contributed by atoms with van der Waals surface area (Å²) in [5.41, 5.74) is -2.35. The summed E-state index contributed by atoms with van der Waals surface area (Å²) in [7, 11) is 0. The summed E-state index contributed by atoms with van der Waals surface area (Å²) in [6, 6.07) is -2.78. The molecular formula is C22H41NO17. The van der Waals surface area contributed by atoms with Crippen LogP contribution in [0.4, 0.5) is 0 Å². The average molecular weight is 592 g/mol. The van der Waals surface area contributed by atoms with E-state index < -0.39 is 137 Å². The van der Waals surface area contributed by atoms with Gasteiger partial charge in [0.05, 0.1) is 51.7 Å². The van der Waals surface area contributed by atoms with Gasteiger partial charge in [0, 0.05) is 6.04 Å². The van der Waals surface area contributed by atoms with E-state index in [2.05, 4.69) is 0 Å². The monoisotopic (exact) mass is 591 g/mol. The molecule has 0 spiro atoms. The van der Waals surface area contributed by atoms with Crippen molar-refractivity contribution in [3.8, 4) is 0 Å². The Balaban J connectivity index is 1.89. The lowest BCUT2D eigenvalue weighted by atomic mass is 9.75. The van der Waals surface area contributed by atoms with Crippen molar-refractivity contribution >= 4 is 0 Å². The maximum absolute atomic E-state index is 11.3. The summed E-state index contributed by atoms with van der Waals surface area (Å²) in [6.07, 6.45) is -20.4. The Bertz CT molecular complexity index is 807. The van der Waals surface area contributed by atoms with Gasteiger partial charge in [0.2, 0.25) is 5.79 Å². The lowest BCUT2D eigenvalue weighted by molar-refractivity contribution is -0.318. The Morgan fingerprint density at radius 2 is 1.35 bits per heavy atom. The van der Waals surface area contributed by atoms with Crippen LogP contribution in [0.15, 0.2) is 0 Å². The SMILES string of the molecule is OCC(CO)N(CC1(O)O[C@H](CO)[C@@H](O[C@@H]2O[C@H](CO)[C@H](O)[C@H](O)[C@H]2O)[C@@H]1O)[C@H]1C[C@](O)(CO)[C@@H](O)[C@H](O)[C@H]1O. The predicted octanol–water partition coefficient (Wildman–Crippen LogP) is -9.15. The van der Waals surface area contributed by atoms with Crippen LogP contribution in [-0.4, -0.2) is 207 Å². The van der Waals surface area contributed by atoms with Crippen molar-refractivity contribution in [3.63, 3.8) is 0 Å². The van der Waals surface area contributed by atoms with Gasteiger partial charge in [0.1, 0.15) is 60.5 Å². The molecule has 14 atom stereocenters. The van der Waals surface area contributed by atoms with Crippen molar-refractivity contribution in [2.24, 2.45) is 0 Å².